The van der Waals surface area contributed by atoms with Gasteiger partial charge in [0.25, 0.3) is 0 Å². The lowest BCUT2D eigenvalue weighted by molar-refractivity contribution is -0.115. The third-order valence-electron chi connectivity index (χ3n) is 4.89. The minimum Gasteiger partial charge on any atom is -0.379 e. The Morgan fingerprint density at radius 3 is 2.12 bits per heavy atom. The van der Waals surface area contributed by atoms with Crippen LogP contribution in [-0.2, 0) is 34.4 Å². The summed E-state index contributed by atoms with van der Waals surface area (Å²) in [6.45, 7) is 1.92. The van der Waals surface area contributed by atoms with Crippen molar-refractivity contribution >= 4 is 48.9 Å². The van der Waals surface area contributed by atoms with Crippen LogP contribution in [0.25, 0.3) is 0 Å². The summed E-state index contributed by atoms with van der Waals surface area (Å²) in [6.07, 6.45) is 0.954. The molecule has 1 fully saturated rings. The summed E-state index contributed by atoms with van der Waals surface area (Å²) in [6, 6.07) is 11.7. The van der Waals surface area contributed by atoms with Crippen molar-refractivity contribution in [1.29, 1.82) is 0 Å². The Labute approximate surface area is 198 Å². The van der Waals surface area contributed by atoms with Crippen LogP contribution in [-0.4, -0.2) is 72.1 Å². The molecule has 184 valence electrons. The monoisotopic (exact) mass is 510 g/mol. The molecule has 2 aromatic rings. The molecule has 0 unspecified atom stereocenters. The molecular formula is C21H26N4O7S2. The van der Waals surface area contributed by atoms with Gasteiger partial charge in [-0.15, -0.1) is 0 Å². The Morgan fingerprint density at radius 2 is 1.56 bits per heavy atom. The van der Waals surface area contributed by atoms with Gasteiger partial charge in [-0.1, -0.05) is 6.07 Å². The Morgan fingerprint density at radius 1 is 0.971 bits per heavy atom. The van der Waals surface area contributed by atoms with E-state index in [1.165, 1.54) is 41.6 Å². The van der Waals surface area contributed by atoms with Gasteiger partial charge in [0.2, 0.25) is 31.9 Å². The van der Waals surface area contributed by atoms with Gasteiger partial charge in [-0.05, 0) is 42.5 Å². The smallest absolute Gasteiger partial charge is 0.245 e. The lowest BCUT2D eigenvalue weighted by Gasteiger charge is -2.26. The molecule has 0 aromatic heterocycles. The van der Waals surface area contributed by atoms with Gasteiger partial charge in [0.1, 0.15) is 6.54 Å². The fourth-order valence-electron chi connectivity index (χ4n) is 3.33. The van der Waals surface area contributed by atoms with E-state index in [2.05, 4.69) is 10.6 Å². The average Bonchev–Trinajstić information content (AvgIpc) is 2.77. The van der Waals surface area contributed by atoms with E-state index in [9.17, 15) is 26.4 Å². The summed E-state index contributed by atoms with van der Waals surface area (Å²) in [5.41, 5.74) is 0.990. The predicted molar refractivity (Wildman–Crippen MR) is 128 cm³/mol. The van der Waals surface area contributed by atoms with Crippen molar-refractivity contribution in [1.82, 2.24) is 4.31 Å². The van der Waals surface area contributed by atoms with Crippen LogP contribution in [0, 0.1) is 0 Å². The van der Waals surface area contributed by atoms with Crippen LogP contribution >= 0.6 is 0 Å². The highest BCUT2D eigenvalue weighted by atomic mass is 32.2. The quantitative estimate of drug-likeness (QED) is 0.541. The fourth-order valence-corrected chi connectivity index (χ4v) is 5.59. The maximum Gasteiger partial charge on any atom is 0.245 e. The van der Waals surface area contributed by atoms with Gasteiger partial charge < -0.3 is 15.4 Å². The first-order valence-corrected chi connectivity index (χ1v) is 13.6. The molecule has 0 bridgehead atoms. The molecule has 1 saturated heterocycles. The lowest BCUT2D eigenvalue weighted by Crippen LogP contribution is -2.40. The summed E-state index contributed by atoms with van der Waals surface area (Å²) >= 11 is 0. The number of nitrogens with zero attached hydrogens (tertiary/aromatic N) is 2. The number of hydrogen-bond donors (Lipinski definition) is 2. The summed E-state index contributed by atoms with van der Waals surface area (Å²) < 4.78 is 57.7. The number of ether oxygens (including phenoxy) is 1. The molecule has 0 saturated carbocycles. The van der Waals surface area contributed by atoms with Crippen molar-refractivity contribution in [2.75, 3.05) is 54.0 Å². The summed E-state index contributed by atoms with van der Waals surface area (Å²) in [4.78, 5) is 23.8. The fraction of sp³-hybridized carbons (Fsp3) is 0.333. The highest BCUT2D eigenvalue weighted by Gasteiger charge is 2.27. The first kappa shape index (κ1) is 25.6. The molecule has 1 aliphatic rings. The number of amides is 2. The SMILES string of the molecule is CC(=O)Nc1cccc(NC(=O)CN(c2ccc(S(=O)(=O)N3CCOCC3)cc2)S(C)(=O)=O)c1. The van der Waals surface area contributed by atoms with Crippen LogP contribution in [0.4, 0.5) is 17.1 Å². The number of sulfonamides is 2. The zero-order valence-corrected chi connectivity index (χ0v) is 20.4. The van der Waals surface area contributed by atoms with Crippen molar-refractivity contribution in [2.45, 2.75) is 11.8 Å². The predicted octanol–water partition coefficient (Wildman–Crippen LogP) is 1.07. The molecule has 2 aromatic carbocycles. The standard InChI is InChI=1S/C21H26N4O7S2/c1-16(26)22-17-4-3-5-18(14-17)23-21(27)15-25(33(2,28)29)19-6-8-20(9-7-19)34(30,31)24-10-12-32-13-11-24/h3-9,14H,10-13,15H2,1-2H3,(H,22,26)(H,23,27). The van der Waals surface area contributed by atoms with Crippen LogP contribution in [0.1, 0.15) is 6.92 Å². The number of nitrogens with one attached hydrogen (secondary N) is 2. The van der Waals surface area contributed by atoms with Crippen molar-refractivity contribution in [3.63, 3.8) is 0 Å². The second-order valence-corrected chi connectivity index (χ2v) is 11.4. The minimum absolute atomic E-state index is 0.0193. The highest BCUT2D eigenvalue weighted by Crippen LogP contribution is 2.23. The third-order valence-corrected chi connectivity index (χ3v) is 7.94. The molecule has 2 N–H and O–H groups in total. The summed E-state index contributed by atoms with van der Waals surface area (Å²) in [5.74, 6) is -0.888. The first-order chi connectivity index (χ1) is 16.0. The first-order valence-electron chi connectivity index (χ1n) is 10.3. The van der Waals surface area contributed by atoms with Crippen molar-refractivity contribution in [3.05, 3.63) is 48.5 Å². The van der Waals surface area contributed by atoms with Gasteiger partial charge >= 0.3 is 0 Å². The molecule has 2 amide bonds. The average molecular weight is 511 g/mol. The van der Waals surface area contributed by atoms with E-state index in [-0.39, 0.29) is 29.6 Å². The number of benzene rings is 2. The van der Waals surface area contributed by atoms with Gasteiger partial charge in [0.15, 0.2) is 0 Å². The van der Waals surface area contributed by atoms with E-state index in [0.717, 1.165) is 10.6 Å². The number of hydrogen-bond acceptors (Lipinski definition) is 7. The van der Waals surface area contributed by atoms with E-state index in [0.29, 0.717) is 24.6 Å². The maximum absolute atomic E-state index is 12.8. The summed E-state index contributed by atoms with van der Waals surface area (Å²) in [5, 5.41) is 5.19. The molecule has 0 radical (unpaired) electrons. The van der Waals surface area contributed by atoms with Crippen LogP contribution in [0.3, 0.4) is 0 Å². The highest BCUT2D eigenvalue weighted by molar-refractivity contribution is 7.92. The van der Waals surface area contributed by atoms with E-state index in [1.807, 2.05) is 0 Å². The number of carbonyl (C=O) groups is 2. The topological polar surface area (TPSA) is 142 Å². The second kappa shape index (κ2) is 10.5. The van der Waals surface area contributed by atoms with E-state index < -0.39 is 32.5 Å². The van der Waals surface area contributed by atoms with Gasteiger partial charge in [-0.25, -0.2) is 16.8 Å². The van der Waals surface area contributed by atoms with Crippen molar-refractivity contribution in [2.24, 2.45) is 0 Å². The maximum atomic E-state index is 12.8. The molecule has 34 heavy (non-hydrogen) atoms. The van der Waals surface area contributed by atoms with Crippen LogP contribution < -0.4 is 14.9 Å². The van der Waals surface area contributed by atoms with Gasteiger partial charge in [-0.2, -0.15) is 4.31 Å². The molecule has 0 spiro atoms. The molecule has 0 atom stereocenters. The number of rotatable bonds is 8. The van der Waals surface area contributed by atoms with E-state index >= 15 is 0 Å². The Hall–Kier alpha value is -3.00. The van der Waals surface area contributed by atoms with Crippen LogP contribution in [0.2, 0.25) is 0 Å². The molecule has 1 aliphatic heterocycles. The second-order valence-electron chi connectivity index (χ2n) is 7.59. The zero-order valence-electron chi connectivity index (χ0n) is 18.7. The van der Waals surface area contributed by atoms with Gasteiger partial charge in [0.05, 0.1) is 30.1 Å². The van der Waals surface area contributed by atoms with Gasteiger partial charge in [0, 0.05) is 31.4 Å². The molecular weight excluding hydrogens is 484 g/mol. The molecule has 0 aliphatic carbocycles. The molecule has 1 heterocycles. The van der Waals surface area contributed by atoms with Crippen molar-refractivity contribution < 1.29 is 31.2 Å². The Kier molecular flexibility index (Phi) is 7.92. The van der Waals surface area contributed by atoms with E-state index in [4.69, 9.17) is 4.74 Å². The Bertz CT molecular complexity index is 1260. The number of morpholine rings is 1. The minimum atomic E-state index is -3.86. The van der Waals surface area contributed by atoms with Gasteiger partial charge in [-0.3, -0.25) is 13.9 Å². The largest absolute Gasteiger partial charge is 0.379 e. The summed E-state index contributed by atoms with van der Waals surface area (Å²) in [7, 11) is -7.60. The molecule has 13 heteroatoms. The van der Waals surface area contributed by atoms with Crippen LogP contribution in [0.5, 0.6) is 0 Å². The van der Waals surface area contributed by atoms with E-state index in [1.54, 1.807) is 18.2 Å². The van der Waals surface area contributed by atoms with Crippen LogP contribution in [0.15, 0.2) is 53.4 Å². The molecule has 11 nitrogen and oxygen atoms in total. The Balaban J connectivity index is 1.76. The number of carbonyl (C=O) groups excluding carboxylic acids is 2. The molecule has 3 rings (SSSR count). The normalized spacial score (nSPS) is 14.9. The zero-order chi connectivity index (χ0) is 24.9. The van der Waals surface area contributed by atoms with Crippen molar-refractivity contribution in [3.8, 4) is 0 Å². The lowest BCUT2D eigenvalue weighted by atomic mass is 10.2. The number of anilines is 3. The third kappa shape index (κ3) is 6.53.